The molecule has 0 aliphatic carbocycles. The maximum absolute atomic E-state index is 13.3. The first kappa shape index (κ1) is 16.8. The van der Waals surface area contributed by atoms with E-state index in [-0.39, 0.29) is 12.0 Å². The second-order valence-corrected chi connectivity index (χ2v) is 6.51. The molecule has 0 saturated carbocycles. The monoisotopic (exact) mass is 346 g/mol. The lowest BCUT2D eigenvalue weighted by molar-refractivity contribution is 0.292. The lowest BCUT2D eigenvalue weighted by Crippen LogP contribution is -2.20. The quantitative estimate of drug-likeness (QED) is 0.527. The predicted octanol–water partition coefficient (Wildman–Crippen LogP) is 3.28. The van der Waals surface area contributed by atoms with Gasteiger partial charge in [0.05, 0.1) is 12.1 Å². The van der Waals surface area contributed by atoms with Crippen LogP contribution in [-0.4, -0.2) is 29.4 Å². The molecule has 0 bridgehead atoms. The number of benzene rings is 2. The van der Waals surface area contributed by atoms with E-state index in [2.05, 4.69) is 28.1 Å². The summed E-state index contributed by atoms with van der Waals surface area (Å²) in [4.78, 5) is 13.3. The number of hydrogen-bond donors (Lipinski definition) is 2. The van der Waals surface area contributed by atoms with Crippen LogP contribution in [-0.2, 0) is 6.54 Å². The Morgan fingerprint density at radius 3 is 2.46 bits per heavy atom. The predicted molar refractivity (Wildman–Crippen MR) is 108 cm³/mol. The van der Waals surface area contributed by atoms with Gasteiger partial charge in [-0.05, 0) is 24.4 Å². The Morgan fingerprint density at radius 1 is 0.846 bits per heavy atom. The fourth-order valence-electron chi connectivity index (χ4n) is 3.69. The van der Waals surface area contributed by atoms with Crippen LogP contribution in [0.5, 0.6) is 0 Å². The molecule has 0 spiro atoms. The van der Waals surface area contributed by atoms with Crippen LogP contribution in [0, 0.1) is 0 Å². The summed E-state index contributed by atoms with van der Waals surface area (Å²) in [6.07, 6.45) is 0.893. The number of aromatic nitrogens is 1. The van der Waals surface area contributed by atoms with Gasteiger partial charge in [-0.25, -0.2) is 0 Å². The van der Waals surface area contributed by atoms with Crippen molar-refractivity contribution < 1.29 is 5.11 Å². The van der Waals surface area contributed by atoms with Gasteiger partial charge in [-0.1, -0.05) is 54.6 Å². The molecule has 0 radical (unpaired) electrons. The van der Waals surface area contributed by atoms with Gasteiger partial charge in [0.25, 0.3) is 0 Å². The van der Waals surface area contributed by atoms with E-state index in [9.17, 15) is 4.79 Å². The molecule has 4 rings (SSSR count). The smallest absolute Gasteiger partial charge is 0.210 e. The van der Waals surface area contributed by atoms with E-state index in [1.54, 1.807) is 0 Å². The van der Waals surface area contributed by atoms with Gasteiger partial charge in [0.2, 0.25) is 5.43 Å². The van der Waals surface area contributed by atoms with E-state index in [0.717, 1.165) is 52.1 Å². The molecule has 2 N–H and O–H groups in total. The van der Waals surface area contributed by atoms with Gasteiger partial charge < -0.3 is 15.0 Å². The van der Waals surface area contributed by atoms with Gasteiger partial charge >= 0.3 is 0 Å². The SMILES string of the molecule is O=c1c2ccccc2ccc2c3ccccc3n(CCCNCCO)c12. The number of fused-ring (bicyclic) bond motifs is 4. The maximum Gasteiger partial charge on any atom is 0.210 e. The number of aliphatic hydroxyl groups is 1. The van der Waals surface area contributed by atoms with Crippen molar-refractivity contribution in [1.29, 1.82) is 0 Å². The molecule has 1 heterocycles. The molecule has 0 saturated heterocycles. The van der Waals surface area contributed by atoms with E-state index in [4.69, 9.17) is 5.11 Å². The highest BCUT2D eigenvalue weighted by Gasteiger charge is 2.13. The summed E-state index contributed by atoms with van der Waals surface area (Å²) in [6.45, 7) is 2.31. The highest BCUT2D eigenvalue weighted by atomic mass is 16.3. The van der Waals surface area contributed by atoms with Crippen molar-refractivity contribution in [3.8, 4) is 0 Å². The first-order chi connectivity index (χ1) is 12.8. The molecule has 3 aromatic carbocycles. The standard InChI is InChI=1S/C22H22N2O2/c25-15-13-23-12-5-14-24-20-9-4-3-8-18(20)19-11-10-16-6-1-2-7-17(16)22(26)21(19)24/h1-4,6-11,23,25H,5,12-15H2. The van der Waals surface area contributed by atoms with Gasteiger partial charge in [-0.3, -0.25) is 4.79 Å². The topological polar surface area (TPSA) is 54.3 Å². The van der Waals surface area contributed by atoms with Crippen LogP contribution in [0.3, 0.4) is 0 Å². The molecule has 132 valence electrons. The number of rotatable bonds is 6. The highest BCUT2D eigenvalue weighted by molar-refractivity contribution is 6.09. The Kier molecular flexibility index (Phi) is 4.69. The summed E-state index contributed by atoms with van der Waals surface area (Å²) >= 11 is 0. The van der Waals surface area contributed by atoms with Crippen LogP contribution in [0.1, 0.15) is 6.42 Å². The van der Waals surface area contributed by atoms with Crippen LogP contribution in [0.15, 0.2) is 65.5 Å². The first-order valence-electron chi connectivity index (χ1n) is 9.06. The Hall–Kier alpha value is -2.69. The number of aliphatic hydroxyl groups excluding tert-OH is 1. The minimum Gasteiger partial charge on any atom is -0.395 e. The molecule has 26 heavy (non-hydrogen) atoms. The van der Waals surface area contributed by atoms with Crippen LogP contribution < -0.4 is 10.7 Å². The molecular weight excluding hydrogens is 324 g/mol. The third kappa shape index (κ3) is 2.87. The molecule has 0 aliphatic rings. The van der Waals surface area contributed by atoms with Crippen molar-refractivity contribution in [3.05, 3.63) is 70.9 Å². The fourth-order valence-corrected chi connectivity index (χ4v) is 3.69. The molecule has 0 fully saturated rings. The Bertz CT molecular complexity index is 1130. The molecule has 4 nitrogen and oxygen atoms in total. The van der Waals surface area contributed by atoms with E-state index in [1.807, 2.05) is 42.5 Å². The third-order valence-electron chi connectivity index (χ3n) is 4.88. The van der Waals surface area contributed by atoms with Gasteiger partial charge in [0.15, 0.2) is 0 Å². The van der Waals surface area contributed by atoms with Crippen molar-refractivity contribution in [2.75, 3.05) is 19.7 Å². The van der Waals surface area contributed by atoms with E-state index >= 15 is 0 Å². The maximum atomic E-state index is 13.3. The molecule has 0 atom stereocenters. The zero-order valence-corrected chi connectivity index (χ0v) is 14.6. The van der Waals surface area contributed by atoms with Crippen LogP contribution in [0.25, 0.3) is 32.6 Å². The van der Waals surface area contributed by atoms with Gasteiger partial charge in [0, 0.05) is 34.8 Å². The Morgan fingerprint density at radius 2 is 1.62 bits per heavy atom. The average Bonchev–Trinajstić information content (AvgIpc) is 2.91. The zero-order valence-electron chi connectivity index (χ0n) is 14.6. The fraction of sp³-hybridized carbons (Fsp3) is 0.227. The first-order valence-corrected chi connectivity index (χ1v) is 9.06. The van der Waals surface area contributed by atoms with E-state index in [0.29, 0.717) is 6.54 Å². The lowest BCUT2D eigenvalue weighted by Gasteiger charge is -2.07. The molecule has 0 amide bonds. The van der Waals surface area contributed by atoms with Crippen molar-refractivity contribution >= 4 is 32.6 Å². The van der Waals surface area contributed by atoms with Crippen LogP contribution >= 0.6 is 0 Å². The summed E-state index contributed by atoms with van der Waals surface area (Å²) in [7, 11) is 0. The number of aryl methyl sites for hydroxylation is 1. The Labute approximate surface area is 151 Å². The summed E-state index contributed by atoms with van der Waals surface area (Å²) in [6, 6.07) is 20.1. The summed E-state index contributed by atoms with van der Waals surface area (Å²) in [5.74, 6) is 0. The minimum absolute atomic E-state index is 0.0834. The molecular formula is C22H22N2O2. The lowest BCUT2D eigenvalue weighted by atomic mass is 10.2. The van der Waals surface area contributed by atoms with Crippen molar-refractivity contribution in [2.24, 2.45) is 0 Å². The largest absolute Gasteiger partial charge is 0.395 e. The van der Waals surface area contributed by atoms with Gasteiger partial charge in [-0.15, -0.1) is 0 Å². The second-order valence-electron chi connectivity index (χ2n) is 6.51. The second kappa shape index (κ2) is 7.28. The third-order valence-corrected chi connectivity index (χ3v) is 4.88. The summed E-state index contributed by atoms with van der Waals surface area (Å²) in [5, 5.41) is 15.9. The number of nitrogens with zero attached hydrogens (tertiary/aromatic N) is 1. The van der Waals surface area contributed by atoms with Crippen molar-refractivity contribution in [2.45, 2.75) is 13.0 Å². The average molecular weight is 346 g/mol. The molecule has 4 aromatic rings. The summed E-state index contributed by atoms with van der Waals surface area (Å²) < 4.78 is 2.15. The van der Waals surface area contributed by atoms with Crippen LogP contribution in [0.2, 0.25) is 0 Å². The molecule has 1 aromatic heterocycles. The van der Waals surface area contributed by atoms with Gasteiger partial charge in [-0.2, -0.15) is 0 Å². The van der Waals surface area contributed by atoms with Crippen molar-refractivity contribution in [1.82, 2.24) is 9.88 Å². The van der Waals surface area contributed by atoms with Crippen LogP contribution in [0.4, 0.5) is 0 Å². The number of hydrogen-bond acceptors (Lipinski definition) is 3. The molecule has 0 unspecified atom stereocenters. The van der Waals surface area contributed by atoms with Crippen molar-refractivity contribution in [3.63, 3.8) is 0 Å². The van der Waals surface area contributed by atoms with E-state index < -0.39 is 0 Å². The Balaban J connectivity index is 1.93. The van der Waals surface area contributed by atoms with Gasteiger partial charge in [0.1, 0.15) is 0 Å². The molecule has 4 heteroatoms. The minimum atomic E-state index is 0.0834. The zero-order chi connectivity index (χ0) is 17.9. The number of nitrogens with one attached hydrogen (secondary N) is 1. The highest BCUT2D eigenvalue weighted by Crippen LogP contribution is 2.28. The normalized spacial score (nSPS) is 11.6. The van der Waals surface area contributed by atoms with E-state index in [1.165, 1.54) is 0 Å². The summed E-state index contributed by atoms with van der Waals surface area (Å²) in [5.41, 5.74) is 1.95. The number of para-hydroxylation sites is 1. The molecule has 0 aliphatic heterocycles.